The van der Waals surface area contributed by atoms with E-state index in [-0.39, 0.29) is 11.8 Å². The number of aliphatic carboxylic acids is 1. The molecule has 0 spiro atoms. The molecule has 0 aliphatic carbocycles. The molecule has 1 N–H and O–H groups in total. The van der Waals surface area contributed by atoms with Crippen molar-refractivity contribution in [3.63, 3.8) is 0 Å². The van der Waals surface area contributed by atoms with Crippen LogP contribution in [0.4, 0.5) is 5.69 Å². The van der Waals surface area contributed by atoms with Gasteiger partial charge >= 0.3 is 5.97 Å². The van der Waals surface area contributed by atoms with Crippen molar-refractivity contribution in [3.05, 3.63) is 65.1 Å². The van der Waals surface area contributed by atoms with Crippen LogP contribution in [0.25, 0.3) is 11.3 Å². The van der Waals surface area contributed by atoms with Gasteiger partial charge in [-0.25, -0.2) is 0 Å². The lowest BCUT2D eigenvalue weighted by molar-refractivity contribution is -0.136. The maximum absolute atomic E-state index is 11.7. The summed E-state index contributed by atoms with van der Waals surface area (Å²) < 4.78 is 11.5. The summed E-state index contributed by atoms with van der Waals surface area (Å²) in [5.74, 6) is 0.449. The molecule has 0 radical (unpaired) electrons. The van der Waals surface area contributed by atoms with Gasteiger partial charge < -0.3 is 19.5 Å². The Balaban J connectivity index is 1.51. The number of hydrogen-bond acceptors (Lipinski definition) is 6. The summed E-state index contributed by atoms with van der Waals surface area (Å²) in [7, 11) is 0. The van der Waals surface area contributed by atoms with E-state index in [1.807, 2.05) is 31.2 Å². The molecule has 0 atom stereocenters. The molecule has 0 bridgehead atoms. The molecule has 1 aliphatic heterocycles. The number of pyridine rings is 2. The largest absolute Gasteiger partial charge is 0.490 e. The number of ether oxygens (including phenoxy) is 2. The van der Waals surface area contributed by atoms with Gasteiger partial charge in [-0.05, 0) is 55.5 Å². The number of carboxylic acid groups (broad SMARTS) is 1. The van der Waals surface area contributed by atoms with Crippen molar-refractivity contribution in [1.29, 1.82) is 0 Å². The van der Waals surface area contributed by atoms with E-state index < -0.39 is 5.97 Å². The van der Waals surface area contributed by atoms with E-state index in [1.54, 1.807) is 24.5 Å². The molecule has 0 amide bonds. The Morgan fingerprint density at radius 3 is 2.42 bits per heavy atom. The summed E-state index contributed by atoms with van der Waals surface area (Å²) in [6.45, 7) is 8.89. The van der Waals surface area contributed by atoms with Gasteiger partial charge in [-0.15, -0.1) is 0 Å². The lowest BCUT2D eigenvalue weighted by Crippen LogP contribution is -2.38. The highest BCUT2D eigenvalue weighted by Gasteiger charge is 2.29. The van der Waals surface area contributed by atoms with E-state index in [9.17, 15) is 9.90 Å². The molecular formula is C28H32ClN3O4. The SMILES string of the molecule is Cc1ncc(-c2ccc(OCCOc3cccc(Cl)c3)cn2)c(N2CCC(C)(C)CC2)c1CC(=O)O. The quantitative estimate of drug-likeness (QED) is 0.364. The topological polar surface area (TPSA) is 84.8 Å². The van der Waals surface area contributed by atoms with E-state index in [2.05, 4.69) is 28.7 Å². The Kier molecular flexibility index (Phi) is 7.99. The minimum atomic E-state index is -0.868. The highest BCUT2D eigenvalue weighted by Crippen LogP contribution is 2.39. The number of anilines is 1. The molecule has 0 saturated carbocycles. The smallest absolute Gasteiger partial charge is 0.307 e. The van der Waals surface area contributed by atoms with Crippen LogP contribution in [-0.4, -0.2) is 47.3 Å². The fraction of sp³-hybridized carbons (Fsp3) is 0.393. The molecule has 4 rings (SSSR count). The number of carbonyl (C=O) groups is 1. The first kappa shape index (κ1) is 25.8. The molecule has 1 aromatic carbocycles. The molecule has 1 fully saturated rings. The number of aryl methyl sites for hydroxylation is 1. The van der Waals surface area contributed by atoms with Gasteiger partial charge in [-0.3, -0.25) is 14.8 Å². The molecule has 7 nitrogen and oxygen atoms in total. The molecular weight excluding hydrogens is 478 g/mol. The van der Waals surface area contributed by atoms with Crippen molar-refractivity contribution in [2.45, 2.75) is 40.0 Å². The van der Waals surface area contributed by atoms with Crippen molar-refractivity contribution < 1.29 is 19.4 Å². The number of nitrogens with zero attached hydrogens (tertiary/aromatic N) is 3. The number of rotatable bonds is 9. The van der Waals surface area contributed by atoms with Crippen LogP contribution < -0.4 is 14.4 Å². The highest BCUT2D eigenvalue weighted by atomic mass is 35.5. The molecule has 1 aliphatic rings. The molecule has 2 aromatic heterocycles. The summed E-state index contributed by atoms with van der Waals surface area (Å²) >= 11 is 5.98. The van der Waals surface area contributed by atoms with Gasteiger partial charge in [0.1, 0.15) is 24.7 Å². The van der Waals surface area contributed by atoms with E-state index in [4.69, 9.17) is 21.1 Å². The third kappa shape index (κ3) is 6.46. The van der Waals surface area contributed by atoms with Crippen LogP contribution in [0.15, 0.2) is 48.8 Å². The zero-order valence-electron chi connectivity index (χ0n) is 21.0. The first-order valence-corrected chi connectivity index (χ1v) is 12.5. The molecule has 190 valence electrons. The first-order chi connectivity index (χ1) is 17.2. The van der Waals surface area contributed by atoms with Gasteiger partial charge in [-0.1, -0.05) is 31.5 Å². The summed E-state index contributed by atoms with van der Waals surface area (Å²) in [6.07, 6.45) is 5.48. The first-order valence-electron chi connectivity index (χ1n) is 12.1. The third-order valence-corrected chi connectivity index (χ3v) is 6.79. The summed E-state index contributed by atoms with van der Waals surface area (Å²) in [4.78, 5) is 23.1. The second-order valence-electron chi connectivity index (χ2n) is 9.84. The van der Waals surface area contributed by atoms with Crippen molar-refractivity contribution in [2.75, 3.05) is 31.2 Å². The third-order valence-electron chi connectivity index (χ3n) is 6.56. The van der Waals surface area contributed by atoms with Crippen molar-refractivity contribution in [3.8, 4) is 22.8 Å². The van der Waals surface area contributed by atoms with Gasteiger partial charge in [0.2, 0.25) is 0 Å². The standard InChI is InChI=1S/C28H32ClN3O4/c1-19-23(16-26(33)34)27(32-11-9-28(2,3)10-12-32)24(18-30-19)25-8-7-22(17-31-25)36-14-13-35-21-6-4-5-20(29)15-21/h4-8,15,17-18H,9-14,16H2,1-3H3,(H,33,34). The van der Waals surface area contributed by atoms with Crippen LogP contribution in [0.5, 0.6) is 11.5 Å². The Labute approximate surface area is 217 Å². The average Bonchev–Trinajstić information content (AvgIpc) is 2.84. The van der Waals surface area contributed by atoms with Crippen LogP contribution in [0.2, 0.25) is 5.02 Å². The summed E-state index contributed by atoms with van der Waals surface area (Å²) in [5, 5.41) is 10.2. The zero-order chi connectivity index (χ0) is 25.7. The average molecular weight is 510 g/mol. The van der Waals surface area contributed by atoms with Crippen LogP contribution in [-0.2, 0) is 11.2 Å². The van der Waals surface area contributed by atoms with Gasteiger partial charge in [0.05, 0.1) is 24.0 Å². The van der Waals surface area contributed by atoms with Crippen LogP contribution in [0.3, 0.4) is 0 Å². The van der Waals surface area contributed by atoms with Gasteiger partial charge in [-0.2, -0.15) is 0 Å². The van der Waals surface area contributed by atoms with Gasteiger partial charge in [0.25, 0.3) is 0 Å². The maximum atomic E-state index is 11.7. The number of piperidine rings is 1. The second-order valence-corrected chi connectivity index (χ2v) is 10.3. The number of hydrogen-bond donors (Lipinski definition) is 1. The lowest BCUT2D eigenvalue weighted by Gasteiger charge is -2.40. The number of benzene rings is 1. The van der Waals surface area contributed by atoms with Crippen LogP contribution in [0, 0.1) is 12.3 Å². The summed E-state index contributed by atoms with van der Waals surface area (Å²) in [6, 6.07) is 11.0. The normalized spacial score (nSPS) is 14.9. The van der Waals surface area contributed by atoms with Crippen molar-refractivity contribution >= 4 is 23.3 Å². The Bertz CT molecular complexity index is 1200. The fourth-order valence-electron chi connectivity index (χ4n) is 4.38. The fourth-order valence-corrected chi connectivity index (χ4v) is 4.56. The Hall–Kier alpha value is -3.32. The predicted octanol–water partition coefficient (Wildman–Crippen LogP) is 5.82. The second kappa shape index (κ2) is 11.2. The molecule has 1 saturated heterocycles. The number of carboxylic acids is 1. The van der Waals surface area contributed by atoms with E-state index in [0.717, 1.165) is 54.1 Å². The number of aromatic nitrogens is 2. The van der Waals surface area contributed by atoms with Gasteiger partial charge in [0, 0.05) is 41.1 Å². The predicted molar refractivity (Wildman–Crippen MR) is 141 cm³/mol. The maximum Gasteiger partial charge on any atom is 0.307 e. The van der Waals surface area contributed by atoms with Crippen LogP contribution in [0.1, 0.15) is 37.9 Å². The Morgan fingerprint density at radius 2 is 1.78 bits per heavy atom. The van der Waals surface area contributed by atoms with Crippen molar-refractivity contribution in [1.82, 2.24) is 9.97 Å². The molecule has 0 unspecified atom stereocenters. The van der Waals surface area contributed by atoms with Crippen molar-refractivity contribution in [2.24, 2.45) is 5.41 Å². The minimum Gasteiger partial charge on any atom is -0.490 e. The van der Waals surface area contributed by atoms with E-state index in [0.29, 0.717) is 29.7 Å². The highest BCUT2D eigenvalue weighted by molar-refractivity contribution is 6.30. The monoisotopic (exact) mass is 509 g/mol. The molecule has 3 aromatic rings. The van der Waals surface area contributed by atoms with Crippen LogP contribution >= 0.6 is 11.6 Å². The lowest BCUT2D eigenvalue weighted by atomic mass is 9.82. The summed E-state index contributed by atoms with van der Waals surface area (Å²) in [5.41, 5.74) is 4.26. The molecule has 8 heteroatoms. The Morgan fingerprint density at radius 1 is 1.06 bits per heavy atom. The minimum absolute atomic E-state index is 0.0737. The van der Waals surface area contributed by atoms with E-state index in [1.165, 1.54) is 0 Å². The molecule has 3 heterocycles. The van der Waals surface area contributed by atoms with E-state index >= 15 is 0 Å². The molecule has 36 heavy (non-hydrogen) atoms. The number of halogens is 1. The van der Waals surface area contributed by atoms with Gasteiger partial charge in [0.15, 0.2) is 0 Å². The zero-order valence-corrected chi connectivity index (χ0v) is 21.7.